The molecule has 0 radical (unpaired) electrons. The van der Waals surface area contributed by atoms with Gasteiger partial charge in [-0.25, -0.2) is 4.79 Å². The van der Waals surface area contributed by atoms with Crippen LogP contribution < -0.4 is 27.6 Å². The molecule has 26 heavy (non-hydrogen) atoms. The van der Waals surface area contributed by atoms with Crippen LogP contribution in [0.15, 0.2) is 33.9 Å². The molecule has 0 saturated heterocycles. The molecule has 1 aromatic carbocycles. The largest absolute Gasteiger partial charge is 0.342 e. The van der Waals surface area contributed by atoms with Crippen molar-refractivity contribution in [2.45, 2.75) is 39.7 Å². The first-order valence-electron chi connectivity index (χ1n) is 9.16. The molecule has 7 heteroatoms. The summed E-state index contributed by atoms with van der Waals surface area (Å²) in [5, 5.41) is 6.31. The zero-order valence-corrected chi connectivity index (χ0v) is 15.6. The average molecular weight is 359 g/mol. The number of rotatable bonds is 10. The normalized spacial score (nSPS) is 10.9. The molecule has 2 aromatic rings. The summed E-state index contributed by atoms with van der Waals surface area (Å²) in [6.45, 7) is 6.78. The smallest absolute Gasteiger partial charge is 0.329 e. The highest BCUT2D eigenvalue weighted by molar-refractivity contribution is 5.57. The van der Waals surface area contributed by atoms with Crippen molar-refractivity contribution in [3.05, 3.63) is 56.2 Å². The van der Waals surface area contributed by atoms with Crippen molar-refractivity contribution in [1.82, 2.24) is 14.9 Å². The Morgan fingerprint density at radius 2 is 1.96 bits per heavy atom. The van der Waals surface area contributed by atoms with Gasteiger partial charge in [-0.2, -0.15) is 0 Å². The number of hydrogen-bond acceptors (Lipinski definition) is 5. The quantitative estimate of drug-likeness (QED) is 0.481. The van der Waals surface area contributed by atoms with Crippen LogP contribution in [0.4, 0.5) is 11.5 Å². The van der Waals surface area contributed by atoms with E-state index >= 15 is 0 Å². The summed E-state index contributed by atoms with van der Waals surface area (Å²) in [7, 11) is 0. The van der Waals surface area contributed by atoms with Gasteiger partial charge in [0.25, 0.3) is 5.56 Å². The lowest BCUT2D eigenvalue weighted by molar-refractivity contribution is 0.545. The van der Waals surface area contributed by atoms with Crippen molar-refractivity contribution >= 4 is 11.5 Å². The predicted molar refractivity (Wildman–Crippen MR) is 106 cm³/mol. The molecule has 0 aliphatic carbocycles. The molecule has 0 atom stereocenters. The Bertz CT molecular complexity index is 794. The molecule has 0 bridgehead atoms. The van der Waals surface area contributed by atoms with Gasteiger partial charge < -0.3 is 16.4 Å². The van der Waals surface area contributed by atoms with E-state index in [1.807, 2.05) is 18.2 Å². The Balaban J connectivity index is 2.02. The molecule has 142 valence electrons. The number of anilines is 2. The minimum atomic E-state index is -0.391. The molecule has 0 amide bonds. The molecule has 0 saturated carbocycles. The Hall–Kier alpha value is -2.38. The number of aromatic nitrogens is 2. The SMILES string of the molecule is CCc1cc(Nc2cc(=O)n(CCCCNCCN)c(=O)[nH]2)ccc1C. The van der Waals surface area contributed by atoms with Crippen molar-refractivity contribution < 1.29 is 0 Å². The van der Waals surface area contributed by atoms with E-state index in [2.05, 4.69) is 29.5 Å². The van der Waals surface area contributed by atoms with Crippen LogP contribution in [-0.2, 0) is 13.0 Å². The van der Waals surface area contributed by atoms with Gasteiger partial charge in [0.05, 0.1) is 0 Å². The number of nitrogens with zero attached hydrogens (tertiary/aromatic N) is 1. The standard InChI is InChI=1S/C19H29N5O2/c1-3-15-12-16(7-6-14(15)2)22-17-13-18(25)24(19(26)23-17)11-5-4-9-21-10-8-20/h6-7,12-13,21-22H,3-5,8-11,20H2,1-2H3,(H,23,26). The lowest BCUT2D eigenvalue weighted by atomic mass is 10.1. The molecule has 0 unspecified atom stereocenters. The molecule has 0 aliphatic heterocycles. The van der Waals surface area contributed by atoms with Gasteiger partial charge in [0.15, 0.2) is 0 Å². The maximum Gasteiger partial charge on any atom is 0.329 e. The molecule has 0 spiro atoms. The fourth-order valence-corrected chi connectivity index (χ4v) is 2.83. The lowest BCUT2D eigenvalue weighted by Gasteiger charge is -2.11. The second-order valence-electron chi connectivity index (χ2n) is 6.34. The van der Waals surface area contributed by atoms with E-state index in [1.165, 1.54) is 21.8 Å². The van der Waals surface area contributed by atoms with Crippen LogP contribution in [-0.4, -0.2) is 29.2 Å². The number of nitrogens with one attached hydrogen (secondary N) is 3. The molecular weight excluding hydrogens is 330 g/mol. The number of aryl methyl sites for hydroxylation is 2. The molecule has 1 aromatic heterocycles. The zero-order chi connectivity index (χ0) is 18.9. The van der Waals surface area contributed by atoms with Gasteiger partial charge >= 0.3 is 5.69 Å². The maximum atomic E-state index is 12.3. The maximum absolute atomic E-state index is 12.3. The summed E-state index contributed by atoms with van der Waals surface area (Å²) in [5.41, 5.74) is 8.03. The summed E-state index contributed by atoms with van der Waals surface area (Å²) < 4.78 is 1.24. The molecule has 5 N–H and O–H groups in total. The van der Waals surface area contributed by atoms with Gasteiger partial charge in [0.1, 0.15) is 5.82 Å². The van der Waals surface area contributed by atoms with E-state index in [9.17, 15) is 9.59 Å². The monoisotopic (exact) mass is 359 g/mol. The van der Waals surface area contributed by atoms with Crippen molar-refractivity contribution in [2.75, 3.05) is 25.0 Å². The highest BCUT2D eigenvalue weighted by atomic mass is 16.2. The van der Waals surface area contributed by atoms with Crippen LogP contribution >= 0.6 is 0 Å². The van der Waals surface area contributed by atoms with Crippen LogP contribution in [0.2, 0.25) is 0 Å². The van der Waals surface area contributed by atoms with Gasteiger partial charge in [0.2, 0.25) is 0 Å². The van der Waals surface area contributed by atoms with E-state index in [-0.39, 0.29) is 5.56 Å². The highest BCUT2D eigenvalue weighted by Crippen LogP contribution is 2.18. The Labute approximate surface area is 153 Å². The van der Waals surface area contributed by atoms with E-state index in [4.69, 9.17) is 5.73 Å². The first kappa shape index (κ1) is 19.9. The summed E-state index contributed by atoms with van der Waals surface area (Å²) in [6.07, 6.45) is 2.57. The van der Waals surface area contributed by atoms with Gasteiger partial charge in [0, 0.05) is 31.4 Å². The first-order valence-corrected chi connectivity index (χ1v) is 9.16. The minimum absolute atomic E-state index is 0.297. The van der Waals surface area contributed by atoms with Gasteiger partial charge in [-0.15, -0.1) is 0 Å². The number of nitrogens with two attached hydrogens (primary N) is 1. The first-order chi connectivity index (χ1) is 12.5. The summed E-state index contributed by atoms with van der Waals surface area (Å²) >= 11 is 0. The zero-order valence-electron chi connectivity index (χ0n) is 15.6. The second kappa shape index (κ2) is 9.94. The fourth-order valence-electron chi connectivity index (χ4n) is 2.83. The molecule has 0 fully saturated rings. The summed E-state index contributed by atoms with van der Waals surface area (Å²) in [5.74, 6) is 0.409. The van der Waals surface area contributed by atoms with Crippen molar-refractivity contribution in [1.29, 1.82) is 0 Å². The van der Waals surface area contributed by atoms with Gasteiger partial charge in [-0.1, -0.05) is 13.0 Å². The number of benzene rings is 1. The molecule has 2 rings (SSSR count). The van der Waals surface area contributed by atoms with Crippen LogP contribution in [0, 0.1) is 6.92 Å². The molecular formula is C19H29N5O2. The van der Waals surface area contributed by atoms with E-state index in [0.29, 0.717) is 18.9 Å². The fraction of sp³-hybridized carbons (Fsp3) is 0.474. The predicted octanol–water partition coefficient (Wildman–Crippen LogP) is 1.48. The van der Waals surface area contributed by atoms with Gasteiger partial charge in [-0.3, -0.25) is 14.3 Å². The van der Waals surface area contributed by atoms with Crippen LogP contribution in [0.3, 0.4) is 0 Å². The van der Waals surface area contributed by atoms with E-state index in [0.717, 1.165) is 38.0 Å². The van der Waals surface area contributed by atoms with Crippen LogP contribution in [0.1, 0.15) is 30.9 Å². The molecule has 7 nitrogen and oxygen atoms in total. The molecule has 0 aliphatic rings. The third kappa shape index (κ3) is 5.57. The number of H-pyrrole nitrogens is 1. The van der Waals surface area contributed by atoms with E-state index < -0.39 is 5.69 Å². The summed E-state index contributed by atoms with van der Waals surface area (Å²) in [4.78, 5) is 27.2. The Kier molecular flexibility index (Phi) is 7.62. The number of hydrogen-bond donors (Lipinski definition) is 4. The number of aromatic amines is 1. The van der Waals surface area contributed by atoms with Crippen LogP contribution in [0.25, 0.3) is 0 Å². The van der Waals surface area contributed by atoms with Crippen molar-refractivity contribution in [3.63, 3.8) is 0 Å². The molecule has 1 heterocycles. The minimum Gasteiger partial charge on any atom is -0.342 e. The van der Waals surface area contributed by atoms with Crippen LogP contribution in [0.5, 0.6) is 0 Å². The summed E-state index contributed by atoms with van der Waals surface area (Å²) in [6, 6.07) is 7.43. The third-order valence-corrected chi connectivity index (χ3v) is 4.34. The van der Waals surface area contributed by atoms with Gasteiger partial charge in [-0.05, 0) is 56.0 Å². The van der Waals surface area contributed by atoms with E-state index in [1.54, 1.807) is 0 Å². The van der Waals surface area contributed by atoms with Crippen molar-refractivity contribution in [3.8, 4) is 0 Å². The average Bonchev–Trinajstić information content (AvgIpc) is 2.61. The second-order valence-corrected chi connectivity index (χ2v) is 6.34. The Morgan fingerprint density at radius 1 is 1.15 bits per heavy atom. The third-order valence-electron chi connectivity index (χ3n) is 4.34. The van der Waals surface area contributed by atoms with Crippen molar-refractivity contribution in [2.24, 2.45) is 5.73 Å². The highest BCUT2D eigenvalue weighted by Gasteiger charge is 2.06. The lowest BCUT2D eigenvalue weighted by Crippen LogP contribution is -2.35. The Morgan fingerprint density at radius 3 is 2.65 bits per heavy atom. The number of unbranched alkanes of at least 4 members (excludes halogenated alkanes) is 1. The topological polar surface area (TPSA) is 105 Å².